The van der Waals surface area contributed by atoms with Gasteiger partial charge in [0.2, 0.25) is 11.5 Å². The van der Waals surface area contributed by atoms with Crippen LogP contribution in [0.15, 0.2) is 53.7 Å². The normalized spacial score (nSPS) is 11.8. The average Bonchev–Trinajstić information content (AvgIpc) is 2.71. The Labute approximate surface area is 185 Å². The molecule has 0 bridgehead atoms. The third-order valence-corrected chi connectivity index (χ3v) is 6.00. The van der Waals surface area contributed by atoms with Gasteiger partial charge < -0.3 is 9.47 Å². The van der Waals surface area contributed by atoms with Gasteiger partial charge >= 0.3 is 0 Å². The molecule has 0 saturated heterocycles. The molecule has 0 amide bonds. The second kappa shape index (κ2) is 8.68. The minimum atomic E-state index is -4.04. The fraction of sp³-hybridized carbons (Fsp3) is 0.238. The molecular formula is C21H21ClFN3O4S. The smallest absolute Gasteiger partial charge is 0.263 e. The predicted octanol–water partition coefficient (Wildman–Crippen LogP) is 5.17. The van der Waals surface area contributed by atoms with Crippen LogP contribution in [0.2, 0.25) is 5.15 Å². The number of rotatable bonds is 6. The minimum Gasteiger partial charge on any atom is -0.493 e. The van der Waals surface area contributed by atoms with Crippen molar-refractivity contribution in [1.29, 1.82) is 0 Å². The van der Waals surface area contributed by atoms with E-state index >= 15 is 0 Å². The molecule has 10 heteroatoms. The molecule has 0 radical (unpaired) electrons. The lowest BCUT2D eigenvalue weighted by Crippen LogP contribution is -2.16. The highest BCUT2D eigenvalue weighted by Crippen LogP contribution is 2.40. The molecule has 1 aromatic heterocycles. The highest BCUT2D eigenvalue weighted by atomic mass is 35.5. The molecular weight excluding hydrogens is 445 g/mol. The molecule has 0 atom stereocenters. The Balaban J connectivity index is 1.97. The van der Waals surface area contributed by atoms with Crippen LogP contribution in [0.1, 0.15) is 26.3 Å². The number of aromatic nitrogens is 2. The zero-order valence-electron chi connectivity index (χ0n) is 17.3. The molecule has 1 heterocycles. The molecule has 3 aromatic rings. The van der Waals surface area contributed by atoms with Crippen LogP contribution in [-0.4, -0.2) is 25.5 Å². The third kappa shape index (κ3) is 5.05. The molecule has 0 fully saturated rings. The summed E-state index contributed by atoms with van der Waals surface area (Å²) in [6.45, 7) is 6.08. The van der Waals surface area contributed by atoms with Gasteiger partial charge in [0.05, 0.1) is 12.0 Å². The summed E-state index contributed by atoms with van der Waals surface area (Å²) in [6.07, 6.45) is 1.06. The van der Waals surface area contributed by atoms with E-state index in [1.807, 2.05) is 20.8 Å². The van der Waals surface area contributed by atoms with Gasteiger partial charge in [0, 0.05) is 0 Å². The van der Waals surface area contributed by atoms with Gasteiger partial charge in [-0.1, -0.05) is 50.6 Å². The first-order chi connectivity index (χ1) is 14.5. The first-order valence-corrected chi connectivity index (χ1v) is 11.0. The fourth-order valence-corrected chi connectivity index (χ4v) is 3.87. The van der Waals surface area contributed by atoms with Crippen molar-refractivity contribution in [3.8, 4) is 17.2 Å². The first-order valence-electron chi connectivity index (χ1n) is 9.17. The number of methoxy groups -OCH3 is 1. The van der Waals surface area contributed by atoms with Gasteiger partial charge in [-0.3, -0.25) is 4.72 Å². The average molecular weight is 466 g/mol. The van der Waals surface area contributed by atoms with Crippen LogP contribution >= 0.6 is 11.6 Å². The number of hydrogen-bond donors (Lipinski definition) is 1. The zero-order valence-corrected chi connectivity index (χ0v) is 18.9. The number of sulfonamides is 1. The Morgan fingerprint density at radius 1 is 1.03 bits per heavy atom. The molecule has 2 aromatic carbocycles. The SMILES string of the molecule is COc1cccc(F)c1Oc1c(Cl)ncnc1NS(=O)(=O)c1ccc(C(C)(C)C)cc1. The number of para-hydroxylation sites is 1. The topological polar surface area (TPSA) is 90.4 Å². The quantitative estimate of drug-likeness (QED) is 0.505. The molecule has 0 aliphatic heterocycles. The lowest BCUT2D eigenvalue weighted by atomic mass is 9.87. The summed E-state index contributed by atoms with van der Waals surface area (Å²) >= 11 is 6.10. The maximum Gasteiger partial charge on any atom is 0.263 e. The molecule has 164 valence electrons. The van der Waals surface area contributed by atoms with Crippen molar-refractivity contribution in [2.75, 3.05) is 11.8 Å². The van der Waals surface area contributed by atoms with Crippen LogP contribution in [0, 0.1) is 5.82 Å². The van der Waals surface area contributed by atoms with Crippen LogP contribution < -0.4 is 14.2 Å². The van der Waals surface area contributed by atoms with E-state index < -0.39 is 15.8 Å². The number of nitrogens with zero attached hydrogens (tertiary/aromatic N) is 2. The summed E-state index contributed by atoms with van der Waals surface area (Å²) in [5.41, 5.74) is 0.850. The number of hydrogen-bond acceptors (Lipinski definition) is 6. The van der Waals surface area contributed by atoms with Crippen LogP contribution in [0.3, 0.4) is 0 Å². The Hall–Kier alpha value is -2.91. The van der Waals surface area contributed by atoms with Crippen molar-refractivity contribution >= 4 is 27.4 Å². The summed E-state index contributed by atoms with van der Waals surface area (Å²) in [6, 6.07) is 10.5. The number of anilines is 1. The summed E-state index contributed by atoms with van der Waals surface area (Å²) in [5.74, 6) is -1.43. The van der Waals surface area contributed by atoms with E-state index in [1.165, 1.54) is 31.4 Å². The zero-order chi connectivity index (χ0) is 22.8. The maximum absolute atomic E-state index is 14.3. The predicted molar refractivity (Wildman–Crippen MR) is 116 cm³/mol. The Morgan fingerprint density at radius 3 is 2.32 bits per heavy atom. The van der Waals surface area contributed by atoms with Crippen LogP contribution in [-0.2, 0) is 15.4 Å². The lowest BCUT2D eigenvalue weighted by molar-refractivity contribution is 0.364. The molecule has 0 aliphatic rings. The summed E-state index contributed by atoms with van der Waals surface area (Å²) < 4.78 is 53.1. The Kier molecular flexibility index (Phi) is 6.38. The number of ether oxygens (including phenoxy) is 2. The van der Waals surface area contributed by atoms with Gasteiger partial charge in [0.1, 0.15) is 6.33 Å². The molecule has 31 heavy (non-hydrogen) atoms. The van der Waals surface area contributed by atoms with E-state index in [0.29, 0.717) is 0 Å². The van der Waals surface area contributed by atoms with Gasteiger partial charge in [0.25, 0.3) is 10.0 Å². The van der Waals surface area contributed by atoms with Crippen molar-refractivity contribution in [3.63, 3.8) is 0 Å². The van der Waals surface area contributed by atoms with E-state index in [-0.39, 0.29) is 38.5 Å². The third-order valence-electron chi connectivity index (χ3n) is 4.38. The minimum absolute atomic E-state index is 0.0182. The van der Waals surface area contributed by atoms with E-state index in [2.05, 4.69) is 14.7 Å². The number of halogens is 2. The van der Waals surface area contributed by atoms with Crippen molar-refractivity contribution in [2.45, 2.75) is 31.1 Å². The van der Waals surface area contributed by atoms with Crippen LogP contribution in [0.5, 0.6) is 17.2 Å². The molecule has 0 saturated carbocycles. The molecule has 0 unspecified atom stereocenters. The Morgan fingerprint density at radius 2 is 1.71 bits per heavy atom. The van der Waals surface area contributed by atoms with Crippen molar-refractivity contribution in [2.24, 2.45) is 0 Å². The van der Waals surface area contributed by atoms with Crippen LogP contribution in [0.25, 0.3) is 0 Å². The largest absolute Gasteiger partial charge is 0.493 e. The first kappa shape index (κ1) is 22.8. The Bertz CT molecular complexity index is 1200. The lowest BCUT2D eigenvalue weighted by Gasteiger charge is -2.19. The van der Waals surface area contributed by atoms with E-state index in [4.69, 9.17) is 21.1 Å². The standard InChI is InChI=1S/C21H21ClFN3O4S/c1-21(2,3)13-8-10-14(11-9-13)31(27,28)26-20-18(19(22)24-12-25-20)30-17-15(23)6-5-7-16(17)29-4/h5-12H,1-4H3,(H,24,25,26). The van der Waals surface area contributed by atoms with E-state index in [0.717, 1.165) is 18.0 Å². The number of benzene rings is 2. The maximum atomic E-state index is 14.3. The monoisotopic (exact) mass is 465 g/mol. The molecule has 1 N–H and O–H groups in total. The molecule has 3 rings (SSSR count). The summed E-state index contributed by atoms with van der Waals surface area (Å²) in [5, 5.41) is -0.207. The van der Waals surface area contributed by atoms with Crippen molar-refractivity contribution < 1.29 is 22.3 Å². The van der Waals surface area contributed by atoms with Crippen molar-refractivity contribution in [1.82, 2.24) is 9.97 Å². The van der Waals surface area contributed by atoms with Gasteiger partial charge in [-0.05, 0) is 35.2 Å². The second-order valence-electron chi connectivity index (χ2n) is 7.60. The highest BCUT2D eigenvalue weighted by molar-refractivity contribution is 7.92. The van der Waals surface area contributed by atoms with Gasteiger partial charge in [-0.2, -0.15) is 0 Å². The highest BCUT2D eigenvalue weighted by Gasteiger charge is 2.23. The summed E-state index contributed by atoms with van der Waals surface area (Å²) in [7, 11) is -2.69. The van der Waals surface area contributed by atoms with E-state index in [9.17, 15) is 12.8 Å². The van der Waals surface area contributed by atoms with Gasteiger partial charge in [-0.15, -0.1) is 0 Å². The number of nitrogens with one attached hydrogen (secondary N) is 1. The van der Waals surface area contributed by atoms with Crippen LogP contribution in [0.4, 0.5) is 10.2 Å². The van der Waals surface area contributed by atoms with Gasteiger partial charge in [0.15, 0.2) is 22.5 Å². The summed E-state index contributed by atoms with van der Waals surface area (Å²) in [4.78, 5) is 7.73. The van der Waals surface area contributed by atoms with Crippen molar-refractivity contribution in [3.05, 3.63) is 65.3 Å². The fourth-order valence-electron chi connectivity index (χ4n) is 2.69. The second-order valence-corrected chi connectivity index (χ2v) is 9.64. The van der Waals surface area contributed by atoms with E-state index in [1.54, 1.807) is 12.1 Å². The molecule has 0 aliphatic carbocycles. The molecule has 0 spiro atoms. The van der Waals surface area contributed by atoms with Gasteiger partial charge in [-0.25, -0.2) is 22.8 Å². The molecule has 7 nitrogen and oxygen atoms in total.